The van der Waals surface area contributed by atoms with Crippen LogP contribution in [0.3, 0.4) is 0 Å². The summed E-state index contributed by atoms with van der Waals surface area (Å²) in [4.78, 5) is 21.6. The van der Waals surface area contributed by atoms with Gasteiger partial charge in [-0.1, -0.05) is 31.0 Å². The van der Waals surface area contributed by atoms with Crippen LogP contribution in [0.4, 0.5) is 10.1 Å². The van der Waals surface area contributed by atoms with Gasteiger partial charge in [0.25, 0.3) is 5.91 Å². The van der Waals surface area contributed by atoms with Gasteiger partial charge in [-0.2, -0.15) is 0 Å². The molecule has 8 heteroatoms. The first-order valence-corrected chi connectivity index (χ1v) is 11.5. The Labute approximate surface area is 181 Å². The summed E-state index contributed by atoms with van der Waals surface area (Å²) in [5, 5.41) is 3.35. The van der Waals surface area contributed by atoms with Crippen molar-refractivity contribution in [2.75, 3.05) is 11.1 Å². The number of carbonyl (C=O) groups is 1. The molecule has 1 aliphatic heterocycles. The molecule has 4 rings (SSSR count). The van der Waals surface area contributed by atoms with E-state index in [0.29, 0.717) is 20.9 Å². The Morgan fingerprint density at radius 1 is 1.31 bits per heavy atom. The molecule has 29 heavy (non-hydrogen) atoms. The number of hydrogen-bond acceptors (Lipinski definition) is 5. The van der Waals surface area contributed by atoms with E-state index in [-0.39, 0.29) is 23.3 Å². The molecule has 2 heterocycles. The second kappa shape index (κ2) is 8.44. The highest BCUT2D eigenvalue weighted by Crippen LogP contribution is 2.49. The van der Waals surface area contributed by atoms with Crippen LogP contribution in [0.15, 0.2) is 46.0 Å². The summed E-state index contributed by atoms with van der Waals surface area (Å²) >= 11 is 4.89. The number of nitrogens with one attached hydrogen (secondary N) is 1. The molecule has 1 aromatic heterocycles. The van der Waals surface area contributed by atoms with Crippen LogP contribution in [-0.4, -0.2) is 21.8 Å². The smallest absolute Gasteiger partial charge is 0.275 e. The molecule has 0 saturated heterocycles. The fourth-order valence-electron chi connectivity index (χ4n) is 4.28. The summed E-state index contributed by atoms with van der Waals surface area (Å²) < 4.78 is 15.7. The minimum atomic E-state index is -0.664. The number of rotatable bonds is 3. The van der Waals surface area contributed by atoms with E-state index < -0.39 is 5.54 Å². The number of hydrogen-bond donors (Lipinski definition) is 2. The largest absolute Gasteiger partial charge is 0.379 e. The lowest BCUT2D eigenvalue weighted by molar-refractivity contribution is 0.102. The van der Waals surface area contributed by atoms with Gasteiger partial charge >= 0.3 is 0 Å². The van der Waals surface area contributed by atoms with Crippen molar-refractivity contribution in [3.05, 3.63) is 58.1 Å². The third-order valence-corrected chi connectivity index (χ3v) is 7.29. The van der Waals surface area contributed by atoms with E-state index in [0.717, 1.165) is 37.9 Å². The molecule has 0 radical (unpaired) electrons. The van der Waals surface area contributed by atoms with Gasteiger partial charge in [-0.15, -0.1) is 0 Å². The highest BCUT2D eigenvalue weighted by molar-refractivity contribution is 9.10. The quantitative estimate of drug-likeness (QED) is 0.647. The molecule has 3 N–H and O–H groups in total. The summed E-state index contributed by atoms with van der Waals surface area (Å²) in [6, 6.07) is 8.19. The summed E-state index contributed by atoms with van der Waals surface area (Å²) in [5.74, 6) is 0.406. The number of carbonyl (C=O) groups excluding carboxylic acids is 1. The van der Waals surface area contributed by atoms with Crippen molar-refractivity contribution in [1.82, 2.24) is 4.98 Å². The van der Waals surface area contributed by atoms with E-state index in [4.69, 9.17) is 10.7 Å². The Kier molecular flexibility index (Phi) is 5.92. The Morgan fingerprint density at radius 3 is 3.00 bits per heavy atom. The van der Waals surface area contributed by atoms with Gasteiger partial charge in [-0.05, 0) is 65.0 Å². The number of benzene rings is 1. The minimum absolute atomic E-state index is 0.229. The van der Waals surface area contributed by atoms with E-state index in [1.165, 1.54) is 6.07 Å². The highest BCUT2D eigenvalue weighted by atomic mass is 79.9. The van der Waals surface area contributed by atoms with E-state index in [2.05, 4.69) is 26.2 Å². The first-order chi connectivity index (χ1) is 14.0. The van der Waals surface area contributed by atoms with Gasteiger partial charge in [0, 0.05) is 27.7 Å². The summed E-state index contributed by atoms with van der Waals surface area (Å²) in [7, 11) is 0. The van der Waals surface area contributed by atoms with Crippen LogP contribution in [0.1, 0.15) is 48.2 Å². The maximum absolute atomic E-state index is 15.1. The Hall–Kier alpha value is -1.93. The van der Waals surface area contributed by atoms with Gasteiger partial charge in [0.05, 0.1) is 5.54 Å². The third kappa shape index (κ3) is 4.05. The predicted octanol–water partition coefficient (Wildman–Crippen LogP) is 5.07. The number of nitrogens with zero attached hydrogens (tertiary/aromatic N) is 2. The number of amides is 1. The average Bonchev–Trinajstić information content (AvgIpc) is 2.92. The van der Waals surface area contributed by atoms with Crippen LogP contribution < -0.4 is 11.1 Å². The number of fused-ring (bicyclic) bond motifs is 1. The first kappa shape index (κ1) is 20.3. The molecule has 1 aromatic carbocycles. The first-order valence-electron chi connectivity index (χ1n) is 9.69. The molecule has 1 fully saturated rings. The number of halogens is 2. The fourth-order valence-corrected chi connectivity index (χ4v) is 5.76. The molecule has 2 aliphatic rings. The van der Waals surface area contributed by atoms with E-state index in [1.807, 2.05) is 0 Å². The van der Waals surface area contributed by atoms with Crippen molar-refractivity contribution in [2.45, 2.75) is 37.6 Å². The molecule has 1 aliphatic carbocycles. The zero-order valence-electron chi connectivity index (χ0n) is 15.8. The molecular weight excluding hydrogens is 455 g/mol. The zero-order valence-corrected chi connectivity index (χ0v) is 18.2. The zero-order chi connectivity index (χ0) is 20.4. The van der Waals surface area contributed by atoms with Crippen LogP contribution in [0, 0.1) is 11.7 Å². The van der Waals surface area contributed by atoms with Crippen molar-refractivity contribution in [2.24, 2.45) is 16.6 Å². The van der Waals surface area contributed by atoms with Gasteiger partial charge in [0.1, 0.15) is 11.5 Å². The second-order valence-corrected chi connectivity index (χ2v) is 9.36. The van der Waals surface area contributed by atoms with E-state index in [9.17, 15) is 4.79 Å². The highest BCUT2D eigenvalue weighted by Gasteiger charge is 2.45. The lowest BCUT2D eigenvalue weighted by Gasteiger charge is -2.40. The van der Waals surface area contributed by atoms with Gasteiger partial charge in [0.2, 0.25) is 0 Å². The average molecular weight is 477 g/mol. The lowest BCUT2D eigenvalue weighted by atomic mass is 9.75. The van der Waals surface area contributed by atoms with E-state index >= 15 is 4.39 Å². The minimum Gasteiger partial charge on any atom is -0.379 e. The number of pyridine rings is 1. The maximum atomic E-state index is 15.1. The number of amidine groups is 1. The third-order valence-electron chi connectivity index (χ3n) is 5.69. The molecule has 152 valence electrons. The summed E-state index contributed by atoms with van der Waals surface area (Å²) in [5.41, 5.74) is 6.74. The molecular formula is C21H22BrFN4OS. The van der Waals surface area contributed by atoms with Crippen LogP contribution >= 0.6 is 27.7 Å². The Morgan fingerprint density at radius 2 is 2.17 bits per heavy atom. The number of aromatic nitrogens is 1. The fraction of sp³-hybridized carbons (Fsp3) is 0.381. The van der Waals surface area contributed by atoms with Gasteiger partial charge < -0.3 is 11.1 Å². The molecule has 0 unspecified atom stereocenters. The Bertz CT molecular complexity index is 969. The summed E-state index contributed by atoms with van der Waals surface area (Å²) in [6.45, 7) is 0. The predicted molar refractivity (Wildman–Crippen MR) is 119 cm³/mol. The lowest BCUT2D eigenvalue weighted by Crippen LogP contribution is -2.40. The van der Waals surface area contributed by atoms with Crippen LogP contribution in [-0.2, 0) is 5.54 Å². The monoisotopic (exact) mass is 476 g/mol. The number of thioether (sulfide) groups is 1. The van der Waals surface area contributed by atoms with Crippen LogP contribution in [0.25, 0.3) is 0 Å². The molecule has 2 atom stereocenters. The maximum Gasteiger partial charge on any atom is 0.275 e. The SMILES string of the molecule is NC1=N[C@@]2(c3cc(NC(=O)c4ncccc4Br)ccc3F)CCCCC[C@H]2CS1. The number of nitrogens with two attached hydrogens (primary N) is 1. The van der Waals surface area contributed by atoms with Crippen molar-refractivity contribution in [3.8, 4) is 0 Å². The van der Waals surface area contributed by atoms with Crippen molar-refractivity contribution in [1.29, 1.82) is 0 Å². The van der Waals surface area contributed by atoms with Crippen LogP contribution in [0.2, 0.25) is 0 Å². The molecule has 5 nitrogen and oxygen atoms in total. The van der Waals surface area contributed by atoms with Gasteiger partial charge in [0.15, 0.2) is 5.17 Å². The topological polar surface area (TPSA) is 80.4 Å². The molecule has 0 bridgehead atoms. The van der Waals surface area contributed by atoms with E-state index in [1.54, 1.807) is 42.2 Å². The van der Waals surface area contributed by atoms with Gasteiger partial charge in [-0.3, -0.25) is 9.79 Å². The summed E-state index contributed by atoms with van der Waals surface area (Å²) in [6.07, 6.45) is 6.54. The molecule has 1 saturated carbocycles. The number of aliphatic imine (C=N–C) groups is 1. The van der Waals surface area contributed by atoms with Crippen LogP contribution in [0.5, 0.6) is 0 Å². The van der Waals surface area contributed by atoms with Crippen molar-refractivity contribution >= 4 is 44.5 Å². The second-order valence-electron chi connectivity index (χ2n) is 7.46. The standard InChI is InChI=1S/C21H22BrFN4OS/c22-16-6-4-10-25-18(16)19(28)26-14-7-8-17(23)15(11-14)21-9-3-1-2-5-13(21)12-29-20(24)27-21/h4,6-8,10-11,13H,1-3,5,9,12H2,(H2,24,27)(H,26,28)/t13-,21-/m0/s1. The molecule has 2 aromatic rings. The van der Waals surface area contributed by atoms with Crippen molar-refractivity contribution in [3.63, 3.8) is 0 Å². The Balaban J connectivity index is 1.72. The van der Waals surface area contributed by atoms with Crippen molar-refractivity contribution < 1.29 is 9.18 Å². The number of anilines is 1. The molecule has 0 spiro atoms. The normalized spacial score (nSPS) is 24.2. The van der Waals surface area contributed by atoms with Gasteiger partial charge in [-0.25, -0.2) is 9.37 Å². The molecule has 1 amide bonds.